The summed E-state index contributed by atoms with van der Waals surface area (Å²) >= 11 is 6.20. The van der Waals surface area contributed by atoms with Crippen LogP contribution in [0.15, 0.2) is 47.1 Å². The summed E-state index contributed by atoms with van der Waals surface area (Å²) in [6, 6.07) is 9.81. The van der Waals surface area contributed by atoms with Crippen LogP contribution in [0.2, 0.25) is 5.22 Å². The van der Waals surface area contributed by atoms with Crippen molar-refractivity contribution in [2.45, 2.75) is 6.54 Å². The zero-order valence-corrected chi connectivity index (χ0v) is 12.7. The van der Waals surface area contributed by atoms with Crippen LogP contribution in [0.5, 0.6) is 0 Å². The van der Waals surface area contributed by atoms with Crippen LogP contribution in [0.25, 0.3) is 11.0 Å². The molecule has 0 amide bonds. The molecule has 0 bridgehead atoms. The van der Waals surface area contributed by atoms with E-state index in [1.54, 1.807) is 6.20 Å². The summed E-state index contributed by atoms with van der Waals surface area (Å²) in [5.74, 6) is 0. The first kappa shape index (κ1) is 13.8. The van der Waals surface area contributed by atoms with Crippen LogP contribution >= 0.6 is 11.6 Å². The minimum Gasteiger partial charge on any atom is -0.444 e. The number of nitrogens with one attached hydrogen (secondary N) is 1. The van der Waals surface area contributed by atoms with Gasteiger partial charge < -0.3 is 14.6 Å². The lowest BCUT2D eigenvalue weighted by atomic mass is 10.2. The molecule has 0 aliphatic heterocycles. The maximum absolute atomic E-state index is 6.20. The Hall–Kier alpha value is -2.20. The van der Waals surface area contributed by atoms with Gasteiger partial charge in [-0.05, 0) is 23.7 Å². The molecule has 0 atom stereocenters. The molecule has 0 radical (unpaired) electrons. The van der Waals surface area contributed by atoms with E-state index in [-0.39, 0.29) is 0 Å². The number of benzene rings is 1. The van der Waals surface area contributed by atoms with Crippen molar-refractivity contribution in [2.24, 2.45) is 0 Å². The molecule has 0 aliphatic rings. The van der Waals surface area contributed by atoms with Crippen LogP contribution in [0, 0.1) is 0 Å². The molecule has 5 heteroatoms. The highest BCUT2D eigenvalue weighted by Crippen LogP contribution is 2.31. The predicted octanol–water partition coefficient (Wildman–Crippen LogP) is 4.16. The second-order valence-corrected chi connectivity index (χ2v) is 5.33. The molecule has 1 N–H and O–H groups in total. The van der Waals surface area contributed by atoms with Crippen LogP contribution in [0.3, 0.4) is 0 Å². The van der Waals surface area contributed by atoms with Crippen LogP contribution in [-0.2, 0) is 6.54 Å². The van der Waals surface area contributed by atoms with E-state index in [0.29, 0.717) is 11.8 Å². The van der Waals surface area contributed by atoms with E-state index in [2.05, 4.69) is 10.3 Å². The highest BCUT2D eigenvalue weighted by molar-refractivity contribution is 6.30. The minimum absolute atomic E-state index is 0.430. The number of rotatable bonds is 4. The number of halogens is 1. The molecular formula is C16H16ClN3O. The van der Waals surface area contributed by atoms with Crippen LogP contribution in [-0.4, -0.2) is 19.1 Å². The maximum atomic E-state index is 6.20. The molecule has 0 saturated carbocycles. The van der Waals surface area contributed by atoms with E-state index in [1.165, 1.54) is 0 Å². The third-order valence-corrected chi connectivity index (χ3v) is 3.69. The Morgan fingerprint density at radius 2 is 2.05 bits per heavy atom. The lowest BCUT2D eigenvalue weighted by Gasteiger charge is -2.17. The van der Waals surface area contributed by atoms with Gasteiger partial charge >= 0.3 is 0 Å². The zero-order chi connectivity index (χ0) is 14.8. The summed E-state index contributed by atoms with van der Waals surface area (Å²) in [7, 11) is 4.00. The van der Waals surface area contributed by atoms with Gasteiger partial charge in [0.15, 0.2) is 5.22 Å². The first-order valence-corrected chi connectivity index (χ1v) is 7.05. The fourth-order valence-corrected chi connectivity index (χ4v) is 2.58. The van der Waals surface area contributed by atoms with Gasteiger partial charge in [-0.25, -0.2) is 0 Å². The summed E-state index contributed by atoms with van der Waals surface area (Å²) < 4.78 is 5.56. The summed E-state index contributed by atoms with van der Waals surface area (Å²) in [4.78, 5) is 6.21. The van der Waals surface area contributed by atoms with E-state index in [9.17, 15) is 0 Å². The number of nitrogens with zero attached hydrogens (tertiary/aromatic N) is 2. The first-order chi connectivity index (χ1) is 10.2. The lowest BCUT2D eigenvalue weighted by molar-refractivity contribution is 0.613. The molecule has 0 spiro atoms. The van der Waals surface area contributed by atoms with Crippen LogP contribution in [0.4, 0.5) is 11.4 Å². The van der Waals surface area contributed by atoms with Crippen molar-refractivity contribution in [2.75, 3.05) is 24.3 Å². The Labute approximate surface area is 128 Å². The van der Waals surface area contributed by atoms with Gasteiger partial charge in [0.2, 0.25) is 0 Å². The second-order valence-electron chi connectivity index (χ2n) is 4.99. The van der Waals surface area contributed by atoms with E-state index in [4.69, 9.17) is 16.0 Å². The molecule has 4 nitrogen and oxygen atoms in total. The Bertz CT molecular complexity index is 767. The number of pyridine rings is 1. The van der Waals surface area contributed by atoms with Crippen molar-refractivity contribution in [3.63, 3.8) is 0 Å². The van der Waals surface area contributed by atoms with Gasteiger partial charge in [-0.1, -0.05) is 18.2 Å². The van der Waals surface area contributed by atoms with Crippen molar-refractivity contribution < 1.29 is 4.42 Å². The van der Waals surface area contributed by atoms with Crippen molar-refractivity contribution in [1.29, 1.82) is 0 Å². The first-order valence-electron chi connectivity index (χ1n) is 6.68. The molecule has 0 fully saturated rings. The van der Waals surface area contributed by atoms with E-state index < -0.39 is 0 Å². The maximum Gasteiger partial charge on any atom is 0.199 e. The number of fused-ring (bicyclic) bond motifs is 1. The van der Waals surface area contributed by atoms with Crippen molar-refractivity contribution in [3.8, 4) is 0 Å². The van der Waals surface area contributed by atoms with Gasteiger partial charge in [0.25, 0.3) is 0 Å². The molecule has 3 aromatic rings. The molecule has 3 rings (SSSR count). The van der Waals surface area contributed by atoms with Crippen molar-refractivity contribution in [3.05, 3.63) is 53.5 Å². The molecule has 2 aromatic heterocycles. The summed E-state index contributed by atoms with van der Waals surface area (Å²) in [5.41, 5.74) is 3.80. The topological polar surface area (TPSA) is 41.3 Å². The number of hydrogen-bond donors (Lipinski definition) is 1. The Morgan fingerprint density at radius 1 is 1.24 bits per heavy atom. The van der Waals surface area contributed by atoms with Gasteiger partial charge in [0.1, 0.15) is 5.58 Å². The Kier molecular flexibility index (Phi) is 3.71. The quantitative estimate of drug-likeness (QED) is 0.785. The zero-order valence-electron chi connectivity index (χ0n) is 11.9. The molecule has 0 aliphatic carbocycles. The standard InChI is InChI=1S/C16H16ClN3O/c1-20(2)14-7-8-18-10-13(14)19-9-12-11-5-3-4-6-15(11)21-16(12)17/h3-8,10,19H,9H2,1-2H3. The smallest absolute Gasteiger partial charge is 0.199 e. The number of para-hydroxylation sites is 1. The predicted molar refractivity (Wildman–Crippen MR) is 87.1 cm³/mol. The fourth-order valence-electron chi connectivity index (χ4n) is 2.33. The molecule has 2 heterocycles. The van der Waals surface area contributed by atoms with E-state index in [0.717, 1.165) is 27.9 Å². The van der Waals surface area contributed by atoms with Gasteiger partial charge in [-0.15, -0.1) is 0 Å². The fraction of sp³-hybridized carbons (Fsp3) is 0.188. The van der Waals surface area contributed by atoms with E-state index in [1.807, 2.05) is 55.5 Å². The average Bonchev–Trinajstić information content (AvgIpc) is 2.81. The summed E-state index contributed by atoms with van der Waals surface area (Å²) in [5, 5.41) is 4.84. The Morgan fingerprint density at radius 3 is 2.86 bits per heavy atom. The van der Waals surface area contributed by atoms with Gasteiger partial charge in [0.05, 0.1) is 17.6 Å². The summed E-state index contributed by atoms with van der Waals surface area (Å²) in [6.07, 6.45) is 3.59. The van der Waals surface area contributed by atoms with Crippen molar-refractivity contribution in [1.82, 2.24) is 4.98 Å². The lowest BCUT2D eigenvalue weighted by Crippen LogP contribution is -2.12. The SMILES string of the molecule is CN(C)c1ccncc1NCc1c(Cl)oc2ccccc12. The molecule has 21 heavy (non-hydrogen) atoms. The molecule has 0 saturated heterocycles. The van der Waals surface area contributed by atoms with Crippen LogP contribution < -0.4 is 10.2 Å². The second kappa shape index (κ2) is 5.66. The molecule has 108 valence electrons. The van der Waals surface area contributed by atoms with Crippen molar-refractivity contribution >= 4 is 33.9 Å². The normalized spacial score (nSPS) is 10.8. The third-order valence-electron chi connectivity index (χ3n) is 3.38. The number of aromatic nitrogens is 1. The highest BCUT2D eigenvalue weighted by atomic mass is 35.5. The number of anilines is 2. The number of furan rings is 1. The van der Waals surface area contributed by atoms with Crippen LogP contribution in [0.1, 0.15) is 5.56 Å². The van der Waals surface area contributed by atoms with E-state index >= 15 is 0 Å². The molecule has 0 unspecified atom stereocenters. The molecule has 1 aromatic carbocycles. The summed E-state index contributed by atoms with van der Waals surface area (Å²) in [6.45, 7) is 0.586. The highest BCUT2D eigenvalue weighted by Gasteiger charge is 2.12. The Balaban J connectivity index is 1.89. The largest absolute Gasteiger partial charge is 0.444 e. The van der Waals surface area contributed by atoms with Gasteiger partial charge in [-0.3, -0.25) is 4.98 Å². The molecular weight excluding hydrogens is 286 g/mol. The monoisotopic (exact) mass is 301 g/mol. The third kappa shape index (κ3) is 2.67. The van der Waals surface area contributed by atoms with Gasteiger partial charge in [-0.2, -0.15) is 0 Å². The minimum atomic E-state index is 0.430. The van der Waals surface area contributed by atoms with Gasteiger partial charge in [0, 0.05) is 37.8 Å². The average molecular weight is 302 g/mol. The number of hydrogen-bond acceptors (Lipinski definition) is 4.